The van der Waals surface area contributed by atoms with Crippen molar-refractivity contribution in [1.29, 1.82) is 0 Å². The molecule has 6 heteroatoms. The largest absolute Gasteiger partial charge is 0.477 e. The summed E-state index contributed by atoms with van der Waals surface area (Å²) in [7, 11) is 0. The molecule has 1 amide bonds. The zero-order valence-corrected chi connectivity index (χ0v) is 12.0. The molecule has 3 rings (SSSR count). The summed E-state index contributed by atoms with van der Waals surface area (Å²) in [6.45, 7) is 0. The van der Waals surface area contributed by atoms with E-state index in [1.54, 1.807) is 54.6 Å². The molecule has 0 radical (unpaired) electrons. The fourth-order valence-corrected chi connectivity index (χ4v) is 2.16. The number of aromatic nitrogens is 2. The summed E-state index contributed by atoms with van der Waals surface area (Å²) < 4.78 is 1.39. The van der Waals surface area contributed by atoms with E-state index in [0.29, 0.717) is 11.3 Å². The number of carbonyl (C=O) groups is 2. The summed E-state index contributed by atoms with van der Waals surface area (Å²) in [5, 5.41) is 16.0. The van der Waals surface area contributed by atoms with Gasteiger partial charge in [0.2, 0.25) is 0 Å². The van der Waals surface area contributed by atoms with E-state index >= 15 is 0 Å². The van der Waals surface area contributed by atoms with E-state index in [-0.39, 0.29) is 11.4 Å². The van der Waals surface area contributed by atoms with Crippen LogP contribution in [0.2, 0.25) is 0 Å². The number of hydrogen-bond acceptors (Lipinski definition) is 3. The van der Waals surface area contributed by atoms with Gasteiger partial charge < -0.3 is 10.4 Å². The number of amides is 1. The van der Waals surface area contributed by atoms with Gasteiger partial charge in [0.25, 0.3) is 5.91 Å². The smallest absolute Gasteiger partial charge is 0.341 e. The lowest BCUT2D eigenvalue weighted by Gasteiger charge is -2.10. The molecule has 0 aliphatic carbocycles. The third kappa shape index (κ3) is 2.96. The van der Waals surface area contributed by atoms with E-state index in [2.05, 4.69) is 10.4 Å². The van der Waals surface area contributed by atoms with Crippen LogP contribution in [0, 0.1) is 0 Å². The van der Waals surface area contributed by atoms with E-state index < -0.39 is 11.9 Å². The van der Waals surface area contributed by atoms with Crippen molar-refractivity contribution >= 4 is 17.7 Å². The lowest BCUT2D eigenvalue weighted by Crippen LogP contribution is -2.17. The molecule has 2 N–H and O–H groups in total. The lowest BCUT2D eigenvalue weighted by molar-refractivity contribution is 0.0698. The van der Waals surface area contributed by atoms with Crippen LogP contribution in [0.4, 0.5) is 5.82 Å². The van der Waals surface area contributed by atoms with Crippen LogP contribution in [0.15, 0.2) is 66.9 Å². The first-order valence-electron chi connectivity index (χ1n) is 6.90. The van der Waals surface area contributed by atoms with Crippen LogP contribution in [0.3, 0.4) is 0 Å². The van der Waals surface area contributed by atoms with Gasteiger partial charge in [0.15, 0.2) is 5.82 Å². The molecule has 0 aliphatic heterocycles. The molecule has 2 aromatic carbocycles. The number of aromatic carboxylic acids is 1. The Labute approximate surface area is 132 Å². The van der Waals surface area contributed by atoms with Crippen LogP contribution < -0.4 is 5.32 Å². The summed E-state index contributed by atoms with van der Waals surface area (Å²) in [6, 6.07) is 17.6. The number of para-hydroxylation sites is 1. The Hall–Kier alpha value is -3.41. The molecular weight excluding hydrogens is 294 g/mol. The topological polar surface area (TPSA) is 84.2 Å². The van der Waals surface area contributed by atoms with Gasteiger partial charge in [-0.25, -0.2) is 9.48 Å². The highest BCUT2D eigenvalue weighted by Gasteiger charge is 2.20. The molecule has 1 aromatic heterocycles. The number of nitrogens with one attached hydrogen (secondary N) is 1. The summed E-state index contributed by atoms with van der Waals surface area (Å²) in [5.74, 6) is -1.43. The molecular formula is C17H13N3O3. The standard InChI is InChI=1S/C17H13N3O3/c21-16(12-7-3-1-4-8-12)19-15-14(17(22)23)11-18-20(15)13-9-5-2-6-10-13/h1-11H,(H,19,21)(H,22,23). The molecule has 0 saturated heterocycles. The number of nitrogens with zero attached hydrogens (tertiary/aromatic N) is 2. The van der Waals surface area contributed by atoms with Gasteiger partial charge in [0.1, 0.15) is 5.56 Å². The van der Waals surface area contributed by atoms with Gasteiger partial charge in [-0.1, -0.05) is 36.4 Å². The van der Waals surface area contributed by atoms with Gasteiger partial charge in [-0.2, -0.15) is 5.10 Å². The fraction of sp³-hybridized carbons (Fsp3) is 0. The number of rotatable bonds is 4. The molecule has 114 valence electrons. The first-order valence-corrected chi connectivity index (χ1v) is 6.90. The highest BCUT2D eigenvalue weighted by molar-refractivity contribution is 6.07. The van der Waals surface area contributed by atoms with Crippen molar-refractivity contribution in [2.24, 2.45) is 0 Å². The zero-order valence-electron chi connectivity index (χ0n) is 12.0. The van der Waals surface area contributed by atoms with Gasteiger partial charge in [-0.3, -0.25) is 4.79 Å². The minimum absolute atomic E-state index is 0.0712. The predicted octanol–water partition coefficient (Wildman–Crippen LogP) is 2.82. The van der Waals surface area contributed by atoms with Crippen molar-refractivity contribution in [1.82, 2.24) is 9.78 Å². The van der Waals surface area contributed by atoms with Crippen molar-refractivity contribution in [3.63, 3.8) is 0 Å². The zero-order chi connectivity index (χ0) is 16.2. The first kappa shape index (κ1) is 14.5. The molecule has 23 heavy (non-hydrogen) atoms. The molecule has 0 bridgehead atoms. The van der Waals surface area contributed by atoms with E-state index in [0.717, 1.165) is 0 Å². The monoisotopic (exact) mass is 307 g/mol. The van der Waals surface area contributed by atoms with Crippen molar-refractivity contribution in [2.75, 3.05) is 5.32 Å². The number of anilines is 1. The van der Waals surface area contributed by atoms with E-state index in [4.69, 9.17) is 0 Å². The maximum absolute atomic E-state index is 12.3. The summed E-state index contributed by atoms with van der Waals surface area (Å²) in [5.41, 5.74) is 1.02. The third-order valence-electron chi connectivity index (χ3n) is 3.27. The van der Waals surface area contributed by atoms with E-state index in [1.165, 1.54) is 10.9 Å². The van der Waals surface area contributed by atoms with Crippen molar-refractivity contribution in [3.8, 4) is 5.69 Å². The Kier molecular flexibility index (Phi) is 3.88. The van der Waals surface area contributed by atoms with Crippen LogP contribution in [-0.4, -0.2) is 26.8 Å². The van der Waals surface area contributed by atoms with Crippen molar-refractivity contribution < 1.29 is 14.7 Å². The number of carbonyl (C=O) groups excluding carboxylic acids is 1. The van der Waals surface area contributed by atoms with Gasteiger partial charge in [-0.15, -0.1) is 0 Å². The Balaban J connectivity index is 2.01. The minimum Gasteiger partial charge on any atom is -0.477 e. The normalized spacial score (nSPS) is 10.3. The van der Waals surface area contributed by atoms with Crippen molar-refractivity contribution in [3.05, 3.63) is 78.0 Å². The van der Waals surface area contributed by atoms with Crippen LogP contribution >= 0.6 is 0 Å². The second-order valence-electron chi connectivity index (χ2n) is 4.78. The molecule has 6 nitrogen and oxygen atoms in total. The predicted molar refractivity (Wildman–Crippen MR) is 84.9 cm³/mol. The SMILES string of the molecule is O=C(Nc1c(C(=O)O)cnn1-c1ccccc1)c1ccccc1. The Morgan fingerprint density at radius 2 is 1.57 bits per heavy atom. The maximum atomic E-state index is 12.3. The number of benzene rings is 2. The molecule has 0 unspecified atom stereocenters. The van der Waals surface area contributed by atoms with Gasteiger partial charge in [0.05, 0.1) is 11.9 Å². The average molecular weight is 307 g/mol. The van der Waals surface area contributed by atoms with Crippen LogP contribution in [0.5, 0.6) is 0 Å². The molecule has 1 heterocycles. The quantitative estimate of drug-likeness (QED) is 0.776. The molecule has 0 aliphatic rings. The highest BCUT2D eigenvalue weighted by atomic mass is 16.4. The highest BCUT2D eigenvalue weighted by Crippen LogP contribution is 2.21. The molecule has 0 atom stereocenters. The Bertz CT molecular complexity index is 842. The van der Waals surface area contributed by atoms with Crippen LogP contribution in [0.25, 0.3) is 5.69 Å². The maximum Gasteiger partial charge on any atom is 0.341 e. The van der Waals surface area contributed by atoms with Gasteiger partial charge in [0, 0.05) is 5.56 Å². The van der Waals surface area contributed by atoms with E-state index in [9.17, 15) is 14.7 Å². The van der Waals surface area contributed by atoms with E-state index in [1.807, 2.05) is 6.07 Å². The molecule has 0 fully saturated rings. The van der Waals surface area contributed by atoms with Gasteiger partial charge in [-0.05, 0) is 24.3 Å². The fourth-order valence-electron chi connectivity index (χ4n) is 2.16. The van der Waals surface area contributed by atoms with Crippen LogP contribution in [0.1, 0.15) is 20.7 Å². The first-order chi connectivity index (χ1) is 11.2. The Morgan fingerprint density at radius 1 is 0.957 bits per heavy atom. The van der Waals surface area contributed by atoms with Crippen molar-refractivity contribution in [2.45, 2.75) is 0 Å². The Morgan fingerprint density at radius 3 is 2.17 bits per heavy atom. The number of hydrogen-bond donors (Lipinski definition) is 2. The third-order valence-corrected chi connectivity index (χ3v) is 3.27. The molecule has 0 saturated carbocycles. The second kappa shape index (κ2) is 6.15. The molecule has 3 aromatic rings. The summed E-state index contributed by atoms with van der Waals surface area (Å²) in [4.78, 5) is 23.7. The van der Waals surface area contributed by atoms with Gasteiger partial charge >= 0.3 is 5.97 Å². The second-order valence-corrected chi connectivity index (χ2v) is 4.78. The molecule has 0 spiro atoms. The summed E-state index contributed by atoms with van der Waals surface area (Å²) in [6.07, 6.45) is 1.22. The number of carboxylic acids is 1. The van der Waals surface area contributed by atoms with Crippen LogP contribution in [-0.2, 0) is 0 Å². The summed E-state index contributed by atoms with van der Waals surface area (Å²) >= 11 is 0. The lowest BCUT2D eigenvalue weighted by atomic mass is 10.2. The average Bonchev–Trinajstić information content (AvgIpc) is 3.00. The number of carboxylic acid groups (broad SMARTS) is 1. The minimum atomic E-state index is -1.16.